The molecule has 2 heterocycles. The number of hydrogen-bond donors (Lipinski definition) is 2. The van der Waals surface area contributed by atoms with Crippen molar-refractivity contribution in [2.75, 3.05) is 18.5 Å². The van der Waals surface area contributed by atoms with E-state index in [1.54, 1.807) is 13.0 Å². The minimum Gasteiger partial charge on any atom is -0.486 e. The molecule has 0 aliphatic carbocycles. The number of ether oxygens (including phenoxy) is 2. The highest BCUT2D eigenvalue weighted by atomic mass is 16.6. The van der Waals surface area contributed by atoms with E-state index in [1.165, 1.54) is 0 Å². The Balaban J connectivity index is 1.49. The molecule has 2 aromatic rings. The fraction of sp³-hybridized carbons (Fsp3) is 0.286. The van der Waals surface area contributed by atoms with Crippen molar-refractivity contribution in [3.8, 4) is 11.5 Å². The van der Waals surface area contributed by atoms with Crippen LogP contribution in [0.2, 0.25) is 0 Å². The average Bonchev–Trinajstić information content (AvgIpc) is 2.90. The van der Waals surface area contributed by atoms with Crippen LogP contribution in [0, 0.1) is 6.92 Å². The molecule has 2 amide bonds. The van der Waals surface area contributed by atoms with Crippen LogP contribution in [0.15, 0.2) is 34.9 Å². The lowest BCUT2D eigenvalue weighted by Gasteiger charge is -2.26. The van der Waals surface area contributed by atoms with E-state index >= 15 is 0 Å². The number of rotatable bonds is 3. The van der Waals surface area contributed by atoms with Gasteiger partial charge >= 0.3 is 6.03 Å². The first-order valence-corrected chi connectivity index (χ1v) is 6.57. The molecule has 0 radical (unpaired) electrons. The number of nitrogens with zero attached hydrogens (tertiary/aromatic N) is 1. The Bertz CT molecular complexity index is 641. The summed E-state index contributed by atoms with van der Waals surface area (Å²) < 4.78 is 16.2. The molecule has 3 rings (SSSR count). The second kappa shape index (κ2) is 5.74. The van der Waals surface area contributed by atoms with E-state index in [0.717, 1.165) is 5.75 Å². The van der Waals surface area contributed by atoms with Gasteiger partial charge in [0.05, 0.1) is 6.54 Å². The molecule has 0 saturated heterocycles. The van der Waals surface area contributed by atoms with Gasteiger partial charge in [0, 0.05) is 6.07 Å². The number of carbonyl (C=O) groups excluding carboxylic acids is 1. The molecule has 1 aliphatic rings. The van der Waals surface area contributed by atoms with Gasteiger partial charge in [-0.05, 0) is 19.1 Å². The predicted molar refractivity (Wildman–Crippen MR) is 74.6 cm³/mol. The summed E-state index contributed by atoms with van der Waals surface area (Å²) in [4.78, 5) is 11.7. The van der Waals surface area contributed by atoms with Crippen LogP contribution in [0.3, 0.4) is 0 Å². The molecule has 1 aromatic heterocycles. The molecule has 110 valence electrons. The lowest BCUT2D eigenvalue weighted by Crippen LogP contribution is -2.42. The fourth-order valence-electron chi connectivity index (χ4n) is 1.96. The second-order valence-corrected chi connectivity index (χ2v) is 4.66. The lowest BCUT2D eigenvalue weighted by molar-refractivity contribution is 0.0922. The summed E-state index contributed by atoms with van der Waals surface area (Å²) in [6.07, 6.45) is -0.232. The molecule has 0 bridgehead atoms. The van der Waals surface area contributed by atoms with Gasteiger partial charge in [-0.2, -0.15) is 0 Å². The molecular formula is C14H15N3O4. The van der Waals surface area contributed by atoms with Crippen LogP contribution in [0.5, 0.6) is 11.5 Å². The smallest absolute Gasteiger partial charge is 0.320 e. The van der Waals surface area contributed by atoms with Crippen LogP contribution in [0.4, 0.5) is 10.6 Å². The van der Waals surface area contributed by atoms with Crippen molar-refractivity contribution in [1.82, 2.24) is 10.5 Å². The zero-order valence-electron chi connectivity index (χ0n) is 11.5. The molecule has 1 aliphatic heterocycles. The number of aryl methyl sites for hydroxylation is 1. The lowest BCUT2D eigenvalue weighted by atomic mass is 10.2. The number of aromatic nitrogens is 1. The van der Waals surface area contributed by atoms with Crippen LogP contribution in [-0.4, -0.2) is 30.4 Å². The minimum absolute atomic E-state index is 0.232. The Hall–Kier alpha value is -2.70. The van der Waals surface area contributed by atoms with E-state index < -0.39 is 0 Å². The molecular weight excluding hydrogens is 274 g/mol. The fourth-order valence-corrected chi connectivity index (χ4v) is 1.96. The Morgan fingerprint density at radius 2 is 2.19 bits per heavy atom. The Labute approximate surface area is 121 Å². The summed E-state index contributed by atoms with van der Waals surface area (Å²) in [5.41, 5.74) is 0. The number of hydrogen-bond acceptors (Lipinski definition) is 5. The van der Waals surface area contributed by atoms with Crippen molar-refractivity contribution in [1.29, 1.82) is 0 Å². The third-order valence-electron chi connectivity index (χ3n) is 2.93. The monoisotopic (exact) mass is 289 g/mol. The molecule has 0 saturated carbocycles. The van der Waals surface area contributed by atoms with Gasteiger partial charge in [-0.1, -0.05) is 17.3 Å². The topological polar surface area (TPSA) is 85.6 Å². The quantitative estimate of drug-likeness (QED) is 0.902. The van der Waals surface area contributed by atoms with E-state index in [9.17, 15) is 4.79 Å². The van der Waals surface area contributed by atoms with Crippen molar-refractivity contribution in [2.24, 2.45) is 0 Å². The number of carbonyl (C=O) groups is 1. The summed E-state index contributed by atoms with van der Waals surface area (Å²) in [5.74, 6) is 2.40. The van der Waals surface area contributed by atoms with Gasteiger partial charge in [-0.15, -0.1) is 0 Å². The van der Waals surface area contributed by atoms with Gasteiger partial charge in [-0.3, -0.25) is 5.32 Å². The Kier molecular flexibility index (Phi) is 3.63. The van der Waals surface area contributed by atoms with E-state index in [2.05, 4.69) is 15.8 Å². The maximum atomic E-state index is 11.7. The number of para-hydroxylation sites is 2. The highest BCUT2D eigenvalue weighted by Crippen LogP contribution is 2.30. The highest BCUT2D eigenvalue weighted by molar-refractivity contribution is 5.88. The van der Waals surface area contributed by atoms with Gasteiger partial charge in [-0.25, -0.2) is 4.79 Å². The van der Waals surface area contributed by atoms with Crippen LogP contribution in [0.1, 0.15) is 5.76 Å². The number of amides is 2. The number of anilines is 1. The number of benzene rings is 1. The highest BCUT2D eigenvalue weighted by Gasteiger charge is 2.21. The average molecular weight is 289 g/mol. The number of urea groups is 1. The molecule has 0 fully saturated rings. The summed E-state index contributed by atoms with van der Waals surface area (Å²) in [6, 6.07) is 8.70. The third kappa shape index (κ3) is 3.25. The van der Waals surface area contributed by atoms with Crippen molar-refractivity contribution in [3.05, 3.63) is 36.1 Å². The van der Waals surface area contributed by atoms with Crippen LogP contribution in [0.25, 0.3) is 0 Å². The molecule has 1 aromatic carbocycles. The minimum atomic E-state index is -0.370. The number of nitrogens with one attached hydrogen (secondary N) is 2. The maximum absolute atomic E-state index is 11.7. The largest absolute Gasteiger partial charge is 0.486 e. The predicted octanol–water partition coefficient (Wildman–Crippen LogP) is 1.94. The first-order valence-electron chi connectivity index (χ1n) is 6.57. The summed E-state index contributed by atoms with van der Waals surface area (Å²) in [6.45, 7) is 2.47. The SMILES string of the molecule is Cc1cc(NC(=O)NC[C@H]2COc3ccccc3O2)no1. The van der Waals surface area contributed by atoms with Gasteiger partial charge in [0.25, 0.3) is 0 Å². The van der Waals surface area contributed by atoms with Crippen LogP contribution >= 0.6 is 0 Å². The molecule has 7 nitrogen and oxygen atoms in total. The summed E-state index contributed by atoms with van der Waals surface area (Å²) in [7, 11) is 0. The first kappa shape index (κ1) is 13.3. The Morgan fingerprint density at radius 3 is 2.95 bits per heavy atom. The summed E-state index contributed by atoms with van der Waals surface area (Å²) >= 11 is 0. The van der Waals surface area contributed by atoms with Gasteiger partial charge in [0.15, 0.2) is 23.4 Å². The Morgan fingerprint density at radius 1 is 1.38 bits per heavy atom. The van der Waals surface area contributed by atoms with E-state index in [0.29, 0.717) is 30.5 Å². The molecule has 21 heavy (non-hydrogen) atoms. The van der Waals surface area contributed by atoms with Crippen molar-refractivity contribution in [3.63, 3.8) is 0 Å². The standard InChI is InChI=1S/C14H15N3O4/c1-9-6-13(17-21-9)16-14(18)15-7-10-8-19-11-4-2-3-5-12(11)20-10/h2-6,10H,7-8H2,1H3,(H2,15,16,17,18)/t10-/m0/s1. The van der Waals surface area contributed by atoms with Crippen LogP contribution in [-0.2, 0) is 0 Å². The van der Waals surface area contributed by atoms with Crippen molar-refractivity contribution in [2.45, 2.75) is 13.0 Å². The molecule has 1 atom stereocenters. The zero-order chi connectivity index (χ0) is 14.7. The van der Waals surface area contributed by atoms with Crippen molar-refractivity contribution < 1.29 is 18.8 Å². The molecule has 7 heteroatoms. The number of fused-ring (bicyclic) bond motifs is 1. The van der Waals surface area contributed by atoms with E-state index in [-0.39, 0.29) is 12.1 Å². The van der Waals surface area contributed by atoms with Gasteiger partial charge in [0.2, 0.25) is 0 Å². The third-order valence-corrected chi connectivity index (χ3v) is 2.93. The van der Waals surface area contributed by atoms with Gasteiger partial charge in [0.1, 0.15) is 12.4 Å². The zero-order valence-corrected chi connectivity index (χ0v) is 11.5. The maximum Gasteiger partial charge on any atom is 0.320 e. The van der Waals surface area contributed by atoms with E-state index in [4.69, 9.17) is 14.0 Å². The molecule has 0 spiro atoms. The van der Waals surface area contributed by atoms with Crippen molar-refractivity contribution >= 4 is 11.8 Å². The van der Waals surface area contributed by atoms with E-state index in [1.807, 2.05) is 24.3 Å². The van der Waals surface area contributed by atoms with Crippen LogP contribution < -0.4 is 20.1 Å². The van der Waals surface area contributed by atoms with Gasteiger partial charge < -0.3 is 19.3 Å². The normalized spacial score (nSPS) is 16.3. The second-order valence-electron chi connectivity index (χ2n) is 4.66. The molecule has 0 unspecified atom stereocenters. The first-order chi connectivity index (χ1) is 10.2. The molecule has 2 N–H and O–H groups in total. The summed E-state index contributed by atoms with van der Waals surface area (Å²) in [5, 5.41) is 8.95.